The summed E-state index contributed by atoms with van der Waals surface area (Å²) in [6, 6.07) is 7.54. The molecule has 1 atom stereocenters. The van der Waals surface area contributed by atoms with Crippen LogP contribution in [0.15, 0.2) is 35.2 Å². The van der Waals surface area contributed by atoms with Gasteiger partial charge in [0.2, 0.25) is 10.0 Å². The highest BCUT2D eigenvalue weighted by molar-refractivity contribution is 7.89. The highest BCUT2D eigenvalue weighted by Gasteiger charge is 2.38. The molecule has 2 rings (SSSR count). The summed E-state index contributed by atoms with van der Waals surface area (Å²) < 4.78 is 31.8. The van der Waals surface area contributed by atoms with Gasteiger partial charge in [0, 0.05) is 6.54 Å². The van der Waals surface area contributed by atoms with Gasteiger partial charge in [0.1, 0.15) is 6.04 Å². The summed E-state index contributed by atoms with van der Waals surface area (Å²) >= 11 is 0. The first-order chi connectivity index (χ1) is 10.1. The number of benzene rings is 1. The van der Waals surface area contributed by atoms with Crippen LogP contribution in [0.4, 0.5) is 0 Å². The average molecular weight is 311 g/mol. The molecule has 0 N–H and O–H groups in total. The van der Waals surface area contributed by atoms with E-state index in [1.165, 1.54) is 4.31 Å². The maximum absolute atomic E-state index is 12.7. The molecule has 1 aromatic carbocycles. The predicted octanol–water partition coefficient (Wildman–Crippen LogP) is 2.18. The zero-order valence-electron chi connectivity index (χ0n) is 12.2. The third-order valence-electron chi connectivity index (χ3n) is 3.52. The number of carbonyl (C=O) groups is 1. The van der Waals surface area contributed by atoms with Crippen molar-refractivity contribution >= 4 is 16.0 Å². The van der Waals surface area contributed by atoms with Gasteiger partial charge in [-0.05, 0) is 37.8 Å². The number of sulfonamides is 1. The van der Waals surface area contributed by atoms with E-state index in [1.807, 2.05) is 6.92 Å². The number of piperidine rings is 1. The van der Waals surface area contributed by atoms with E-state index in [-0.39, 0.29) is 4.90 Å². The molecule has 116 valence electrons. The van der Waals surface area contributed by atoms with Crippen LogP contribution in [0, 0.1) is 0 Å². The Balaban J connectivity index is 2.24. The minimum atomic E-state index is -3.65. The van der Waals surface area contributed by atoms with Crippen LogP contribution in [-0.4, -0.2) is 37.9 Å². The fourth-order valence-corrected chi connectivity index (χ4v) is 4.12. The molecular weight excluding hydrogens is 290 g/mol. The molecule has 0 radical (unpaired) electrons. The standard InChI is InChI=1S/C15H21NO4S/c1-2-12-20-15(17)14-10-6-7-11-16(14)21(18,19)13-8-4-3-5-9-13/h3-5,8-9,14H,2,6-7,10-12H2,1H3/t14-/m0/s1. The molecule has 1 heterocycles. The molecule has 1 fully saturated rings. The molecule has 0 bridgehead atoms. The van der Waals surface area contributed by atoms with Crippen LogP contribution in [0.2, 0.25) is 0 Å². The molecule has 1 aliphatic heterocycles. The summed E-state index contributed by atoms with van der Waals surface area (Å²) in [5.41, 5.74) is 0. The number of hydrogen-bond donors (Lipinski definition) is 0. The van der Waals surface area contributed by atoms with Gasteiger partial charge >= 0.3 is 5.97 Å². The molecule has 0 amide bonds. The Hall–Kier alpha value is -1.40. The van der Waals surface area contributed by atoms with E-state index in [2.05, 4.69) is 0 Å². The third kappa shape index (κ3) is 3.63. The van der Waals surface area contributed by atoms with Crippen molar-refractivity contribution in [3.63, 3.8) is 0 Å². The number of hydrogen-bond acceptors (Lipinski definition) is 4. The highest BCUT2D eigenvalue weighted by atomic mass is 32.2. The largest absolute Gasteiger partial charge is 0.465 e. The Labute approximate surface area is 126 Å². The van der Waals surface area contributed by atoms with Crippen LogP contribution in [0.25, 0.3) is 0 Å². The second kappa shape index (κ2) is 7.04. The Morgan fingerprint density at radius 1 is 1.29 bits per heavy atom. The topological polar surface area (TPSA) is 63.7 Å². The maximum atomic E-state index is 12.7. The molecule has 1 aromatic rings. The zero-order chi connectivity index (χ0) is 15.3. The van der Waals surface area contributed by atoms with Crippen molar-refractivity contribution in [1.29, 1.82) is 0 Å². The minimum absolute atomic E-state index is 0.222. The molecule has 0 aliphatic carbocycles. The molecular formula is C15H21NO4S. The van der Waals surface area contributed by atoms with Crippen LogP contribution in [-0.2, 0) is 19.6 Å². The maximum Gasteiger partial charge on any atom is 0.324 e. The summed E-state index contributed by atoms with van der Waals surface area (Å²) in [5, 5.41) is 0. The third-order valence-corrected chi connectivity index (χ3v) is 5.45. The van der Waals surface area contributed by atoms with E-state index in [0.717, 1.165) is 19.3 Å². The summed E-state index contributed by atoms with van der Waals surface area (Å²) in [7, 11) is -3.65. The van der Waals surface area contributed by atoms with Gasteiger partial charge in [-0.1, -0.05) is 25.1 Å². The summed E-state index contributed by atoms with van der Waals surface area (Å²) in [5.74, 6) is -0.434. The van der Waals surface area contributed by atoms with Crippen LogP contribution in [0.1, 0.15) is 32.6 Å². The quantitative estimate of drug-likeness (QED) is 0.782. The van der Waals surface area contributed by atoms with Gasteiger partial charge in [-0.15, -0.1) is 0 Å². The molecule has 1 aliphatic rings. The molecule has 0 saturated carbocycles. The molecule has 6 heteroatoms. The van der Waals surface area contributed by atoms with Gasteiger partial charge in [0.05, 0.1) is 11.5 Å². The lowest BCUT2D eigenvalue weighted by Crippen LogP contribution is -2.48. The second-order valence-electron chi connectivity index (χ2n) is 5.11. The number of rotatable bonds is 5. The lowest BCUT2D eigenvalue weighted by atomic mass is 10.1. The molecule has 5 nitrogen and oxygen atoms in total. The molecule has 1 saturated heterocycles. The molecule has 0 spiro atoms. The van der Waals surface area contributed by atoms with Crippen molar-refractivity contribution in [1.82, 2.24) is 4.31 Å². The second-order valence-corrected chi connectivity index (χ2v) is 7.00. The number of esters is 1. The predicted molar refractivity (Wildman–Crippen MR) is 79.2 cm³/mol. The van der Waals surface area contributed by atoms with Crippen molar-refractivity contribution in [2.24, 2.45) is 0 Å². The molecule has 21 heavy (non-hydrogen) atoms. The summed E-state index contributed by atoms with van der Waals surface area (Å²) in [6.07, 6.45) is 2.86. The number of carbonyl (C=O) groups excluding carboxylic acids is 1. The normalized spacial score (nSPS) is 20.1. The minimum Gasteiger partial charge on any atom is -0.465 e. The first-order valence-corrected chi connectivity index (χ1v) is 8.75. The van der Waals surface area contributed by atoms with Gasteiger partial charge in [0.15, 0.2) is 0 Å². The first-order valence-electron chi connectivity index (χ1n) is 7.31. The van der Waals surface area contributed by atoms with Gasteiger partial charge < -0.3 is 4.74 Å². The molecule has 0 unspecified atom stereocenters. The van der Waals surface area contributed by atoms with Crippen molar-refractivity contribution in [2.75, 3.05) is 13.2 Å². The summed E-state index contributed by atoms with van der Waals surface area (Å²) in [6.45, 7) is 2.60. The van der Waals surface area contributed by atoms with Crippen molar-refractivity contribution < 1.29 is 17.9 Å². The van der Waals surface area contributed by atoms with Crippen LogP contribution >= 0.6 is 0 Å². The van der Waals surface area contributed by atoms with Crippen molar-refractivity contribution in [3.05, 3.63) is 30.3 Å². The number of nitrogens with zero attached hydrogens (tertiary/aromatic N) is 1. The van der Waals surface area contributed by atoms with Gasteiger partial charge in [-0.2, -0.15) is 4.31 Å². The monoisotopic (exact) mass is 311 g/mol. The van der Waals surface area contributed by atoms with E-state index >= 15 is 0 Å². The molecule has 0 aromatic heterocycles. The van der Waals surface area contributed by atoms with Crippen LogP contribution < -0.4 is 0 Å². The lowest BCUT2D eigenvalue weighted by molar-refractivity contribution is -0.149. The van der Waals surface area contributed by atoms with Crippen LogP contribution in [0.5, 0.6) is 0 Å². The van der Waals surface area contributed by atoms with E-state index < -0.39 is 22.0 Å². The van der Waals surface area contributed by atoms with Crippen molar-refractivity contribution in [3.8, 4) is 0 Å². The number of ether oxygens (including phenoxy) is 1. The van der Waals surface area contributed by atoms with Gasteiger partial charge in [0.25, 0.3) is 0 Å². The van der Waals surface area contributed by atoms with E-state index in [1.54, 1.807) is 30.3 Å². The lowest BCUT2D eigenvalue weighted by Gasteiger charge is -2.33. The van der Waals surface area contributed by atoms with E-state index in [4.69, 9.17) is 4.74 Å². The van der Waals surface area contributed by atoms with E-state index in [0.29, 0.717) is 19.6 Å². The smallest absolute Gasteiger partial charge is 0.324 e. The Kier molecular flexibility index (Phi) is 5.36. The van der Waals surface area contributed by atoms with Gasteiger partial charge in [-0.25, -0.2) is 8.42 Å². The van der Waals surface area contributed by atoms with Crippen molar-refractivity contribution in [2.45, 2.75) is 43.5 Å². The average Bonchev–Trinajstić information content (AvgIpc) is 2.53. The zero-order valence-corrected chi connectivity index (χ0v) is 13.0. The van der Waals surface area contributed by atoms with Crippen LogP contribution in [0.3, 0.4) is 0 Å². The Morgan fingerprint density at radius 2 is 2.00 bits per heavy atom. The summed E-state index contributed by atoms with van der Waals surface area (Å²) in [4.78, 5) is 12.3. The SMILES string of the molecule is CCCOC(=O)[C@@H]1CCCCN1S(=O)(=O)c1ccccc1. The fourth-order valence-electron chi connectivity index (χ4n) is 2.45. The van der Waals surface area contributed by atoms with E-state index in [9.17, 15) is 13.2 Å². The Morgan fingerprint density at radius 3 is 2.67 bits per heavy atom. The first kappa shape index (κ1) is 16.0. The fraction of sp³-hybridized carbons (Fsp3) is 0.533. The van der Waals surface area contributed by atoms with Gasteiger partial charge in [-0.3, -0.25) is 4.79 Å². The highest BCUT2D eigenvalue weighted by Crippen LogP contribution is 2.26. The Bertz CT molecular complexity index is 571.